The average molecular weight is 217 g/mol. The first-order valence-electron chi connectivity index (χ1n) is 5.43. The highest BCUT2D eigenvalue weighted by atomic mass is 16.5. The summed E-state index contributed by atoms with van der Waals surface area (Å²) in [5, 5.41) is 2.52. The molecule has 0 aliphatic carbocycles. The number of hydrogen-bond acceptors (Lipinski definition) is 2. The van der Waals surface area contributed by atoms with Gasteiger partial charge in [0.2, 0.25) is 0 Å². The molecule has 0 radical (unpaired) electrons. The molecular weight excluding hydrogens is 198 g/mol. The first kappa shape index (κ1) is 12.5. The molecule has 0 aliphatic heterocycles. The molecule has 0 atom stereocenters. The van der Waals surface area contributed by atoms with Crippen LogP contribution in [0.3, 0.4) is 0 Å². The van der Waals surface area contributed by atoms with Gasteiger partial charge in [-0.3, -0.25) is 0 Å². The third-order valence-electron chi connectivity index (χ3n) is 2.50. The van der Waals surface area contributed by atoms with Crippen molar-refractivity contribution in [3.8, 4) is 5.75 Å². The van der Waals surface area contributed by atoms with E-state index in [-0.39, 0.29) is 6.15 Å². The van der Waals surface area contributed by atoms with Gasteiger partial charge < -0.3 is 10.9 Å². The zero-order valence-corrected chi connectivity index (χ0v) is 9.99. The Labute approximate surface area is 96.8 Å². The van der Waals surface area contributed by atoms with Crippen LogP contribution in [0.25, 0.3) is 10.8 Å². The molecule has 0 amide bonds. The molecule has 2 heteroatoms. The molecule has 0 aromatic heterocycles. The minimum Gasteiger partial charge on any atom is -0.493 e. The van der Waals surface area contributed by atoms with Gasteiger partial charge in [0, 0.05) is 0 Å². The summed E-state index contributed by atoms with van der Waals surface area (Å²) in [6, 6.07) is 12.7. The quantitative estimate of drug-likeness (QED) is 0.841. The normalized spacial score (nSPS) is 9.88. The number of aryl methyl sites for hydroxylation is 1. The van der Waals surface area contributed by atoms with Crippen molar-refractivity contribution in [3.05, 3.63) is 42.0 Å². The lowest BCUT2D eigenvalue weighted by Crippen LogP contribution is -1.96. The van der Waals surface area contributed by atoms with Crippen molar-refractivity contribution in [2.45, 2.75) is 20.3 Å². The number of fused-ring (bicyclic) bond motifs is 1. The first-order valence-corrected chi connectivity index (χ1v) is 5.43. The molecule has 0 fully saturated rings. The van der Waals surface area contributed by atoms with Gasteiger partial charge >= 0.3 is 0 Å². The predicted octanol–water partition coefficient (Wildman–Crippen LogP) is 4.10. The first-order chi connectivity index (χ1) is 7.31. The molecule has 0 spiro atoms. The summed E-state index contributed by atoms with van der Waals surface area (Å²) >= 11 is 0. The van der Waals surface area contributed by atoms with Gasteiger partial charge in [0.1, 0.15) is 5.75 Å². The number of benzene rings is 2. The maximum Gasteiger partial charge on any atom is 0.122 e. The topological polar surface area (TPSA) is 44.2 Å². The Hall–Kier alpha value is -1.54. The van der Waals surface area contributed by atoms with Crippen LogP contribution in [0.15, 0.2) is 36.4 Å². The van der Waals surface area contributed by atoms with E-state index < -0.39 is 0 Å². The van der Waals surface area contributed by atoms with E-state index in [2.05, 4.69) is 50.2 Å². The SMILES string of the molecule is CCCOc1cc2ccccc2cc1C.N. The summed E-state index contributed by atoms with van der Waals surface area (Å²) in [6.07, 6.45) is 1.05. The monoisotopic (exact) mass is 217 g/mol. The summed E-state index contributed by atoms with van der Waals surface area (Å²) in [5.41, 5.74) is 1.21. The zero-order valence-electron chi connectivity index (χ0n) is 9.99. The van der Waals surface area contributed by atoms with Crippen molar-refractivity contribution in [3.63, 3.8) is 0 Å². The molecular formula is C14H19NO. The summed E-state index contributed by atoms with van der Waals surface area (Å²) < 4.78 is 5.69. The molecule has 2 aromatic rings. The number of ether oxygens (including phenoxy) is 1. The Balaban J connectivity index is 0.00000128. The van der Waals surface area contributed by atoms with E-state index in [1.54, 1.807) is 0 Å². The largest absolute Gasteiger partial charge is 0.493 e. The molecule has 16 heavy (non-hydrogen) atoms. The van der Waals surface area contributed by atoms with Crippen LogP contribution >= 0.6 is 0 Å². The maximum atomic E-state index is 5.69. The lowest BCUT2D eigenvalue weighted by molar-refractivity contribution is 0.316. The Morgan fingerprint density at radius 1 is 1.06 bits per heavy atom. The fourth-order valence-electron chi connectivity index (χ4n) is 1.70. The van der Waals surface area contributed by atoms with E-state index in [0.717, 1.165) is 18.8 Å². The van der Waals surface area contributed by atoms with Crippen LogP contribution < -0.4 is 10.9 Å². The standard InChI is InChI=1S/C14H16O.H3N/c1-3-8-15-14-10-13-7-5-4-6-12(13)9-11(14)2;/h4-7,9-10H,3,8H2,1-2H3;1H3. The molecule has 0 bridgehead atoms. The molecule has 0 aliphatic rings. The molecule has 0 heterocycles. The van der Waals surface area contributed by atoms with E-state index in [0.29, 0.717) is 0 Å². The van der Waals surface area contributed by atoms with Gasteiger partial charge in [0.05, 0.1) is 6.61 Å². The van der Waals surface area contributed by atoms with Gasteiger partial charge in [-0.2, -0.15) is 0 Å². The third-order valence-corrected chi connectivity index (χ3v) is 2.50. The van der Waals surface area contributed by atoms with Crippen molar-refractivity contribution >= 4 is 10.8 Å². The molecule has 86 valence electrons. The second-order valence-corrected chi connectivity index (χ2v) is 3.81. The average Bonchev–Trinajstić information content (AvgIpc) is 2.26. The van der Waals surface area contributed by atoms with Gasteiger partial charge in [-0.1, -0.05) is 31.2 Å². The smallest absolute Gasteiger partial charge is 0.122 e. The predicted molar refractivity (Wildman–Crippen MR) is 69.5 cm³/mol. The van der Waals surface area contributed by atoms with Crippen molar-refractivity contribution in [2.24, 2.45) is 0 Å². The molecule has 2 rings (SSSR count). The minimum absolute atomic E-state index is 0. The van der Waals surface area contributed by atoms with E-state index in [9.17, 15) is 0 Å². The lowest BCUT2D eigenvalue weighted by atomic mass is 10.1. The Kier molecular flexibility index (Phi) is 4.32. The molecule has 2 aromatic carbocycles. The fraction of sp³-hybridized carbons (Fsp3) is 0.286. The third kappa shape index (κ3) is 2.52. The van der Waals surface area contributed by atoms with Gasteiger partial charge in [-0.25, -0.2) is 0 Å². The van der Waals surface area contributed by atoms with Gasteiger partial charge in [-0.05, 0) is 41.8 Å². The Bertz CT molecular complexity index is 465. The maximum absolute atomic E-state index is 5.69. The Morgan fingerprint density at radius 2 is 1.69 bits per heavy atom. The lowest BCUT2D eigenvalue weighted by Gasteiger charge is -2.09. The zero-order chi connectivity index (χ0) is 10.7. The van der Waals surface area contributed by atoms with Crippen LogP contribution in [-0.2, 0) is 0 Å². The Morgan fingerprint density at radius 3 is 2.31 bits per heavy atom. The van der Waals surface area contributed by atoms with Crippen molar-refractivity contribution < 1.29 is 4.74 Å². The van der Waals surface area contributed by atoms with Crippen molar-refractivity contribution in [2.75, 3.05) is 6.61 Å². The number of hydrogen-bond donors (Lipinski definition) is 1. The van der Waals surface area contributed by atoms with Crippen LogP contribution in [0.1, 0.15) is 18.9 Å². The fourth-order valence-corrected chi connectivity index (χ4v) is 1.70. The van der Waals surface area contributed by atoms with Gasteiger partial charge in [0.15, 0.2) is 0 Å². The van der Waals surface area contributed by atoms with Gasteiger partial charge in [-0.15, -0.1) is 0 Å². The summed E-state index contributed by atoms with van der Waals surface area (Å²) in [6.45, 7) is 5.01. The summed E-state index contributed by atoms with van der Waals surface area (Å²) in [5.74, 6) is 1.01. The van der Waals surface area contributed by atoms with Crippen LogP contribution in [0.4, 0.5) is 0 Å². The molecule has 3 N–H and O–H groups in total. The summed E-state index contributed by atoms with van der Waals surface area (Å²) in [7, 11) is 0. The van der Waals surface area contributed by atoms with Crippen molar-refractivity contribution in [1.82, 2.24) is 6.15 Å². The van der Waals surface area contributed by atoms with Crippen LogP contribution in [0.5, 0.6) is 5.75 Å². The van der Waals surface area contributed by atoms with Gasteiger partial charge in [0.25, 0.3) is 0 Å². The van der Waals surface area contributed by atoms with Crippen molar-refractivity contribution in [1.29, 1.82) is 0 Å². The van der Waals surface area contributed by atoms with Crippen LogP contribution in [-0.4, -0.2) is 6.61 Å². The van der Waals surface area contributed by atoms with E-state index in [1.165, 1.54) is 16.3 Å². The molecule has 2 nitrogen and oxygen atoms in total. The van der Waals surface area contributed by atoms with Crippen LogP contribution in [0.2, 0.25) is 0 Å². The highest BCUT2D eigenvalue weighted by Crippen LogP contribution is 2.25. The van der Waals surface area contributed by atoms with E-state index >= 15 is 0 Å². The number of rotatable bonds is 3. The molecule has 0 saturated heterocycles. The highest BCUT2D eigenvalue weighted by Gasteiger charge is 2.01. The summed E-state index contributed by atoms with van der Waals surface area (Å²) in [4.78, 5) is 0. The molecule has 0 unspecified atom stereocenters. The highest BCUT2D eigenvalue weighted by molar-refractivity contribution is 5.84. The van der Waals surface area contributed by atoms with E-state index in [1.807, 2.05) is 0 Å². The van der Waals surface area contributed by atoms with E-state index in [4.69, 9.17) is 4.74 Å². The minimum atomic E-state index is 0. The molecule has 0 saturated carbocycles. The second-order valence-electron chi connectivity index (χ2n) is 3.81. The second kappa shape index (κ2) is 5.52. The van der Waals surface area contributed by atoms with Crippen LogP contribution in [0, 0.1) is 6.92 Å².